The molecular formula is C10H21NO. The summed E-state index contributed by atoms with van der Waals surface area (Å²) in [5.74, 6) is 1.49. The SMILES string of the molecule is CCC(C)CCC(C)CCN=O. The normalized spacial score (nSPS) is 15.6. The number of nitroso groups, excluding NO2 is 1. The summed E-state index contributed by atoms with van der Waals surface area (Å²) in [5.41, 5.74) is 0. The Bertz CT molecular complexity index is 114. The van der Waals surface area contributed by atoms with Crippen molar-refractivity contribution in [3.63, 3.8) is 0 Å². The molecule has 0 aliphatic rings. The fourth-order valence-corrected chi connectivity index (χ4v) is 1.19. The number of hydrogen-bond donors (Lipinski definition) is 0. The van der Waals surface area contributed by atoms with E-state index >= 15 is 0 Å². The van der Waals surface area contributed by atoms with Crippen LogP contribution in [-0.2, 0) is 0 Å². The van der Waals surface area contributed by atoms with Crippen LogP contribution in [-0.4, -0.2) is 6.54 Å². The van der Waals surface area contributed by atoms with Crippen LogP contribution in [0.3, 0.4) is 0 Å². The standard InChI is InChI=1S/C10H21NO/c1-4-9(2)5-6-10(3)7-8-11-12/h9-10H,4-8H2,1-3H3. The van der Waals surface area contributed by atoms with E-state index in [1.807, 2.05) is 0 Å². The molecular weight excluding hydrogens is 150 g/mol. The van der Waals surface area contributed by atoms with Gasteiger partial charge in [0.05, 0.1) is 6.54 Å². The fraction of sp³-hybridized carbons (Fsp3) is 1.00. The van der Waals surface area contributed by atoms with Crippen molar-refractivity contribution < 1.29 is 0 Å². The molecule has 0 amide bonds. The van der Waals surface area contributed by atoms with Gasteiger partial charge < -0.3 is 0 Å². The van der Waals surface area contributed by atoms with Crippen molar-refractivity contribution in [1.82, 2.24) is 0 Å². The second-order valence-corrected chi connectivity index (χ2v) is 3.84. The highest BCUT2D eigenvalue weighted by atomic mass is 16.3. The Balaban J connectivity index is 3.29. The lowest BCUT2D eigenvalue weighted by Crippen LogP contribution is -2.00. The van der Waals surface area contributed by atoms with Gasteiger partial charge in [-0.3, -0.25) is 0 Å². The van der Waals surface area contributed by atoms with Crippen LogP contribution in [0.15, 0.2) is 5.18 Å². The lowest BCUT2D eigenvalue weighted by Gasteiger charge is -2.12. The van der Waals surface area contributed by atoms with E-state index in [-0.39, 0.29) is 0 Å². The highest BCUT2D eigenvalue weighted by Gasteiger charge is 2.04. The van der Waals surface area contributed by atoms with Crippen molar-refractivity contribution in [1.29, 1.82) is 0 Å². The molecule has 2 heteroatoms. The van der Waals surface area contributed by atoms with Gasteiger partial charge in [0.1, 0.15) is 0 Å². The van der Waals surface area contributed by atoms with Crippen LogP contribution in [0.1, 0.15) is 46.5 Å². The number of nitrogens with zero attached hydrogens (tertiary/aromatic N) is 1. The summed E-state index contributed by atoms with van der Waals surface area (Å²) in [4.78, 5) is 9.85. The first-order chi connectivity index (χ1) is 5.70. The molecule has 0 radical (unpaired) electrons. The van der Waals surface area contributed by atoms with Gasteiger partial charge in [0, 0.05) is 0 Å². The van der Waals surface area contributed by atoms with Crippen LogP contribution in [0, 0.1) is 16.7 Å². The van der Waals surface area contributed by atoms with Crippen LogP contribution >= 0.6 is 0 Å². The second kappa shape index (κ2) is 7.26. The first kappa shape index (κ1) is 11.6. The smallest absolute Gasteiger partial charge is 0.0813 e. The van der Waals surface area contributed by atoms with Crippen LogP contribution in [0.2, 0.25) is 0 Å². The van der Waals surface area contributed by atoms with Crippen LogP contribution in [0.4, 0.5) is 0 Å². The Kier molecular flexibility index (Phi) is 7.02. The van der Waals surface area contributed by atoms with Gasteiger partial charge in [-0.15, -0.1) is 0 Å². The Labute approximate surface area is 75.7 Å². The summed E-state index contributed by atoms with van der Waals surface area (Å²) in [6, 6.07) is 0. The van der Waals surface area contributed by atoms with E-state index in [1.165, 1.54) is 19.3 Å². The van der Waals surface area contributed by atoms with E-state index in [1.54, 1.807) is 0 Å². The highest BCUT2D eigenvalue weighted by molar-refractivity contribution is 4.58. The minimum Gasteiger partial charge on any atom is -0.151 e. The van der Waals surface area contributed by atoms with Crippen molar-refractivity contribution in [2.24, 2.45) is 17.0 Å². The molecule has 12 heavy (non-hydrogen) atoms. The average molecular weight is 171 g/mol. The molecule has 0 rings (SSSR count). The van der Waals surface area contributed by atoms with Crippen LogP contribution in [0.25, 0.3) is 0 Å². The summed E-state index contributed by atoms with van der Waals surface area (Å²) < 4.78 is 0. The fourth-order valence-electron chi connectivity index (χ4n) is 1.19. The molecule has 0 fully saturated rings. The second-order valence-electron chi connectivity index (χ2n) is 3.84. The predicted octanol–water partition coefficient (Wildman–Crippen LogP) is 3.61. The van der Waals surface area contributed by atoms with Crippen molar-refractivity contribution >= 4 is 0 Å². The van der Waals surface area contributed by atoms with Crippen molar-refractivity contribution in [2.45, 2.75) is 46.5 Å². The van der Waals surface area contributed by atoms with E-state index < -0.39 is 0 Å². The van der Waals surface area contributed by atoms with E-state index in [4.69, 9.17) is 0 Å². The van der Waals surface area contributed by atoms with Crippen LogP contribution in [0.5, 0.6) is 0 Å². The molecule has 0 spiro atoms. The molecule has 72 valence electrons. The third kappa shape index (κ3) is 6.32. The van der Waals surface area contributed by atoms with Gasteiger partial charge in [-0.05, 0) is 18.3 Å². The molecule has 0 heterocycles. The summed E-state index contributed by atoms with van der Waals surface area (Å²) in [5, 5.41) is 2.87. The Morgan fingerprint density at radius 2 is 1.67 bits per heavy atom. The zero-order valence-corrected chi connectivity index (χ0v) is 8.55. The minimum atomic E-state index is 0.488. The van der Waals surface area contributed by atoms with Crippen molar-refractivity contribution in [2.75, 3.05) is 6.54 Å². The number of hydrogen-bond acceptors (Lipinski definition) is 2. The maximum Gasteiger partial charge on any atom is 0.0813 e. The maximum atomic E-state index is 9.85. The zero-order chi connectivity index (χ0) is 9.40. The molecule has 2 unspecified atom stereocenters. The average Bonchev–Trinajstić information content (AvgIpc) is 2.10. The summed E-state index contributed by atoms with van der Waals surface area (Å²) in [7, 11) is 0. The predicted molar refractivity (Wildman–Crippen MR) is 53.1 cm³/mol. The third-order valence-electron chi connectivity index (χ3n) is 2.56. The van der Waals surface area contributed by atoms with Crippen molar-refractivity contribution in [3.8, 4) is 0 Å². The van der Waals surface area contributed by atoms with Crippen LogP contribution < -0.4 is 0 Å². The molecule has 0 N–H and O–H groups in total. The largest absolute Gasteiger partial charge is 0.151 e. The third-order valence-corrected chi connectivity index (χ3v) is 2.56. The Hall–Kier alpha value is -0.400. The lowest BCUT2D eigenvalue weighted by molar-refractivity contribution is 0.409. The first-order valence-corrected chi connectivity index (χ1v) is 4.99. The van der Waals surface area contributed by atoms with Gasteiger partial charge in [0.2, 0.25) is 0 Å². The highest BCUT2D eigenvalue weighted by Crippen LogP contribution is 2.16. The van der Waals surface area contributed by atoms with Gasteiger partial charge in [-0.25, -0.2) is 0 Å². The summed E-state index contributed by atoms with van der Waals surface area (Å²) >= 11 is 0. The summed E-state index contributed by atoms with van der Waals surface area (Å²) in [6.07, 6.45) is 4.75. The molecule has 0 aromatic rings. The molecule has 0 aromatic carbocycles. The molecule has 0 bridgehead atoms. The van der Waals surface area contributed by atoms with Crippen molar-refractivity contribution in [3.05, 3.63) is 4.91 Å². The lowest BCUT2D eigenvalue weighted by atomic mass is 9.95. The van der Waals surface area contributed by atoms with Gasteiger partial charge >= 0.3 is 0 Å². The van der Waals surface area contributed by atoms with Gasteiger partial charge in [0.25, 0.3) is 0 Å². The van der Waals surface area contributed by atoms with E-state index in [0.717, 1.165) is 12.3 Å². The molecule has 2 atom stereocenters. The van der Waals surface area contributed by atoms with E-state index in [9.17, 15) is 4.91 Å². The summed E-state index contributed by atoms with van der Waals surface area (Å²) in [6.45, 7) is 7.20. The Morgan fingerprint density at radius 1 is 1.08 bits per heavy atom. The number of rotatable bonds is 7. The van der Waals surface area contributed by atoms with Gasteiger partial charge in [0.15, 0.2) is 0 Å². The van der Waals surface area contributed by atoms with Gasteiger partial charge in [-0.2, -0.15) is 4.91 Å². The molecule has 2 nitrogen and oxygen atoms in total. The molecule has 0 saturated carbocycles. The molecule has 0 aromatic heterocycles. The first-order valence-electron chi connectivity index (χ1n) is 4.99. The van der Waals surface area contributed by atoms with E-state index in [0.29, 0.717) is 12.5 Å². The quantitative estimate of drug-likeness (QED) is 0.538. The minimum absolute atomic E-state index is 0.488. The molecule has 0 aliphatic carbocycles. The molecule has 0 aliphatic heterocycles. The molecule has 0 saturated heterocycles. The van der Waals surface area contributed by atoms with E-state index in [2.05, 4.69) is 25.9 Å². The zero-order valence-electron chi connectivity index (χ0n) is 8.55. The Morgan fingerprint density at radius 3 is 2.17 bits per heavy atom. The maximum absolute atomic E-state index is 9.85. The topological polar surface area (TPSA) is 29.4 Å². The monoisotopic (exact) mass is 171 g/mol. The van der Waals surface area contributed by atoms with Gasteiger partial charge in [-0.1, -0.05) is 45.2 Å².